The fourth-order valence-electron chi connectivity index (χ4n) is 3.46. The molecular formula is C26H26N2O6. The summed E-state index contributed by atoms with van der Waals surface area (Å²) in [6.45, 7) is 0.792. The summed E-state index contributed by atoms with van der Waals surface area (Å²) in [5, 5.41) is 2.65. The number of nitrogens with one attached hydrogen (secondary N) is 1. The van der Waals surface area contributed by atoms with Gasteiger partial charge >= 0.3 is 0 Å². The van der Waals surface area contributed by atoms with E-state index in [0.29, 0.717) is 41.7 Å². The van der Waals surface area contributed by atoms with Crippen molar-refractivity contribution in [3.05, 3.63) is 83.4 Å². The number of carbonyl (C=O) groups excluding carboxylic acids is 2. The van der Waals surface area contributed by atoms with Gasteiger partial charge in [-0.25, -0.2) is 0 Å². The lowest BCUT2D eigenvalue weighted by atomic mass is 10.2. The van der Waals surface area contributed by atoms with Crippen molar-refractivity contribution in [3.63, 3.8) is 0 Å². The van der Waals surface area contributed by atoms with Gasteiger partial charge in [-0.2, -0.15) is 0 Å². The van der Waals surface area contributed by atoms with Crippen molar-refractivity contribution < 1.29 is 28.5 Å². The second kappa shape index (κ2) is 10.6. The van der Waals surface area contributed by atoms with E-state index in [4.69, 9.17) is 18.9 Å². The zero-order chi connectivity index (χ0) is 23.9. The van der Waals surface area contributed by atoms with Crippen molar-refractivity contribution in [1.29, 1.82) is 0 Å². The fraction of sp³-hybridized carbons (Fsp3) is 0.231. The van der Waals surface area contributed by atoms with Crippen LogP contribution in [-0.2, 0) is 17.9 Å². The molecule has 1 N–H and O–H groups in total. The molecule has 0 saturated carbocycles. The van der Waals surface area contributed by atoms with Crippen molar-refractivity contribution >= 4 is 11.8 Å². The Morgan fingerprint density at radius 2 is 1.74 bits per heavy atom. The van der Waals surface area contributed by atoms with Crippen molar-refractivity contribution in [1.82, 2.24) is 10.2 Å². The predicted molar refractivity (Wildman–Crippen MR) is 125 cm³/mol. The highest BCUT2D eigenvalue weighted by atomic mass is 16.7. The summed E-state index contributed by atoms with van der Waals surface area (Å²) in [7, 11) is 3.26. The standard InChI is InChI=1S/C26H26N2O6/c1-28(25(29)14-27-26(30)20-9-11-22-24(13-20)34-17-33-22)15-19-8-10-21(23(12-19)31-2)32-16-18-6-4-3-5-7-18/h3-13H,14-17H2,1-2H3,(H,27,30). The van der Waals surface area contributed by atoms with Crippen LogP contribution in [0.1, 0.15) is 21.5 Å². The minimum Gasteiger partial charge on any atom is -0.493 e. The Labute approximate surface area is 198 Å². The molecule has 0 radical (unpaired) electrons. The van der Waals surface area contributed by atoms with E-state index < -0.39 is 0 Å². The van der Waals surface area contributed by atoms with Crippen LogP contribution >= 0.6 is 0 Å². The predicted octanol–water partition coefficient (Wildman–Crippen LogP) is 3.39. The zero-order valence-electron chi connectivity index (χ0n) is 19.1. The number of carbonyl (C=O) groups is 2. The van der Waals surface area contributed by atoms with Gasteiger partial charge in [-0.3, -0.25) is 9.59 Å². The second-order valence-electron chi connectivity index (χ2n) is 7.76. The number of ether oxygens (including phenoxy) is 4. The highest BCUT2D eigenvalue weighted by molar-refractivity contribution is 5.97. The second-order valence-corrected chi connectivity index (χ2v) is 7.76. The Balaban J connectivity index is 1.30. The van der Waals surface area contributed by atoms with Crippen LogP contribution in [0.25, 0.3) is 0 Å². The third-order valence-corrected chi connectivity index (χ3v) is 5.35. The first-order chi connectivity index (χ1) is 16.5. The normalized spacial score (nSPS) is 11.6. The van der Waals surface area contributed by atoms with Gasteiger partial charge in [0.1, 0.15) is 6.61 Å². The maximum absolute atomic E-state index is 12.6. The number of hydrogen-bond acceptors (Lipinski definition) is 6. The average molecular weight is 463 g/mol. The van der Waals surface area contributed by atoms with Gasteiger partial charge in [0.2, 0.25) is 12.7 Å². The summed E-state index contributed by atoms with van der Waals surface area (Å²) in [5.74, 6) is 1.74. The van der Waals surface area contributed by atoms with Gasteiger partial charge < -0.3 is 29.2 Å². The highest BCUT2D eigenvalue weighted by Gasteiger charge is 2.18. The summed E-state index contributed by atoms with van der Waals surface area (Å²) in [5.41, 5.74) is 2.33. The topological polar surface area (TPSA) is 86.3 Å². The van der Waals surface area contributed by atoms with E-state index in [1.54, 1.807) is 37.3 Å². The highest BCUT2D eigenvalue weighted by Crippen LogP contribution is 2.32. The van der Waals surface area contributed by atoms with Crippen LogP contribution in [0.5, 0.6) is 23.0 Å². The number of nitrogens with zero attached hydrogens (tertiary/aromatic N) is 1. The largest absolute Gasteiger partial charge is 0.493 e. The molecule has 176 valence electrons. The molecule has 0 fully saturated rings. The van der Waals surface area contributed by atoms with Gasteiger partial charge in [0.15, 0.2) is 23.0 Å². The van der Waals surface area contributed by atoms with Gasteiger partial charge in [0, 0.05) is 19.2 Å². The van der Waals surface area contributed by atoms with Crippen LogP contribution in [0, 0.1) is 0 Å². The van der Waals surface area contributed by atoms with Gasteiger partial charge in [-0.05, 0) is 41.5 Å². The summed E-state index contributed by atoms with van der Waals surface area (Å²) >= 11 is 0. The van der Waals surface area contributed by atoms with Crippen LogP contribution in [0.2, 0.25) is 0 Å². The molecular weight excluding hydrogens is 436 g/mol. The molecule has 0 aromatic heterocycles. The molecule has 8 nitrogen and oxygen atoms in total. The number of amides is 2. The molecule has 1 aliphatic rings. The molecule has 0 saturated heterocycles. The van der Waals surface area contributed by atoms with Gasteiger partial charge in [-0.1, -0.05) is 36.4 Å². The lowest BCUT2D eigenvalue weighted by Gasteiger charge is -2.19. The lowest BCUT2D eigenvalue weighted by molar-refractivity contribution is -0.129. The first-order valence-corrected chi connectivity index (χ1v) is 10.8. The molecule has 2 amide bonds. The van der Waals surface area contributed by atoms with Crippen molar-refractivity contribution in [3.8, 4) is 23.0 Å². The smallest absolute Gasteiger partial charge is 0.251 e. The Bertz CT molecular complexity index is 1170. The number of rotatable bonds is 9. The van der Waals surface area contributed by atoms with E-state index in [2.05, 4.69) is 5.32 Å². The number of benzene rings is 3. The molecule has 0 atom stereocenters. The molecule has 1 aliphatic heterocycles. The third kappa shape index (κ3) is 5.58. The zero-order valence-corrected chi connectivity index (χ0v) is 19.1. The lowest BCUT2D eigenvalue weighted by Crippen LogP contribution is -2.37. The summed E-state index contributed by atoms with van der Waals surface area (Å²) in [6, 6.07) is 20.3. The van der Waals surface area contributed by atoms with E-state index in [1.807, 2.05) is 48.5 Å². The number of likely N-dealkylation sites (N-methyl/N-ethyl adjacent to an activating group) is 1. The van der Waals surface area contributed by atoms with E-state index in [1.165, 1.54) is 0 Å². The number of hydrogen-bond donors (Lipinski definition) is 1. The maximum atomic E-state index is 12.6. The van der Waals surface area contributed by atoms with E-state index in [0.717, 1.165) is 11.1 Å². The Hall–Kier alpha value is -4.20. The van der Waals surface area contributed by atoms with Crippen LogP contribution in [-0.4, -0.2) is 44.2 Å². The fourth-order valence-corrected chi connectivity index (χ4v) is 3.46. The summed E-state index contributed by atoms with van der Waals surface area (Å²) in [6.07, 6.45) is 0. The molecule has 8 heteroatoms. The molecule has 3 aromatic carbocycles. The molecule has 0 spiro atoms. The third-order valence-electron chi connectivity index (χ3n) is 5.35. The van der Waals surface area contributed by atoms with Gasteiger partial charge in [0.05, 0.1) is 13.7 Å². The van der Waals surface area contributed by atoms with E-state index >= 15 is 0 Å². The van der Waals surface area contributed by atoms with E-state index in [9.17, 15) is 9.59 Å². The van der Waals surface area contributed by atoms with Crippen molar-refractivity contribution in [2.45, 2.75) is 13.2 Å². The first kappa shape index (κ1) is 23.0. The molecule has 0 aliphatic carbocycles. The summed E-state index contributed by atoms with van der Waals surface area (Å²) < 4.78 is 21.9. The molecule has 0 unspecified atom stereocenters. The average Bonchev–Trinajstić information content (AvgIpc) is 3.34. The minimum atomic E-state index is -0.360. The van der Waals surface area contributed by atoms with Crippen LogP contribution in [0.4, 0.5) is 0 Å². The van der Waals surface area contributed by atoms with Gasteiger partial charge in [0.25, 0.3) is 5.91 Å². The number of methoxy groups -OCH3 is 1. The monoisotopic (exact) mass is 462 g/mol. The Kier molecular flexibility index (Phi) is 7.17. The van der Waals surface area contributed by atoms with Gasteiger partial charge in [-0.15, -0.1) is 0 Å². The molecule has 4 rings (SSSR count). The van der Waals surface area contributed by atoms with Crippen LogP contribution in [0.15, 0.2) is 66.7 Å². The first-order valence-electron chi connectivity index (χ1n) is 10.8. The molecule has 1 heterocycles. The van der Waals surface area contributed by atoms with Crippen LogP contribution in [0.3, 0.4) is 0 Å². The minimum absolute atomic E-state index is 0.126. The summed E-state index contributed by atoms with van der Waals surface area (Å²) in [4.78, 5) is 26.5. The molecule has 34 heavy (non-hydrogen) atoms. The van der Waals surface area contributed by atoms with E-state index in [-0.39, 0.29) is 25.2 Å². The Morgan fingerprint density at radius 1 is 0.941 bits per heavy atom. The maximum Gasteiger partial charge on any atom is 0.251 e. The Morgan fingerprint density at radius 3 is 2.53 bits per heavy atom. The SMILES string of the molecule is COc1cc(CN(C)C(=O)CNC(=O)c2ccc3c(c2)OCO3)ccc1OCc1ccccc1. The van der Waals surface area contributed by atoms with Crippen molar-refractivity contribution in [2.24, 2.45) is 0 Å². The van der Waals surface area contributed by atoms with Crippen molar-refractivity contribution in [2.75, 3.05) is 27.5 Å². The molecule has 0 bridgehead atoms. The number of fused-ring (bicyclic) bond motifs is 1. The molecule has 3 aromatic rings. The quantitative estimate of drug-likeness (QED) is 0.525. The van der Waals surface area contributed by atoms with Crippen LogP contribution < -0.4 is 24.3 Å².